The van der Waals surface area contributed by atoms with Gasteiger partial charge in [-0.05, 0) is 36.4 Å². The first-order chi connectivity index (χ1) is 9.63. The maximum atomic E-state index is 11.0. The molecule has 0 unspecified atom stereocenters. The third kappa shape index (κ3) is 3.27. The van der Waals surface area contributed by atoms with Crippen LogP contribution in [0.15, 0.2) is 36.4 Å². The van der Waals surface area contributed by atoms with E-state index in [0.29, 0.717) is 44.9 Å². The van der Waals surface area contributed by atoms with Gasteiger partial charge in [-0.15, -0.1) is 0 Å². The van der Waals surface area contributed by atoms with Gasteiger partial charge in [0.05, 0.1) is 0 Å². The second-order valence-corrected chi connectivity index (χ2v) is 4.82. The highest BCUT2D eigenvalue weighted by Gasteiger charge is 2.02. The van der Waals surface area contributed by atoms with E-state index in [9.17, 15) is 9.59 Å². The molecular formula is C16H8Cl2O2. The first-order valence-corrected chi connectivity index (χ1v) is 6.41. The molecule has 4 heteroatoms. The highest BCUT2D eigenvalue weighted by atomic mass is 35.5. The van der Waals surface area contributed by atoms with Gasteiger partial charge in [-0.1, -0.05) is 35.0 Å². The lowest BCUT2D eigenvalue weighted by molar-refractivity contribution is 0.111. The zero-order valence-corrected chi connectivity index (χ0v) is 11.7. The van der Waals surface area contributed by atoms with Crippen LogP contribution in [0.4, 0.5) is 0 Å². The summed E-state index contributed by atoms with van der Waals surface area (Å²) in [5.41, 5.74) is 1.92. The minimum Gasteiger partial charge on any atom is -0.298 e. The van der Waals surface area contributed by atoms with Crippen molar-refractivity contribution in [2.24, 2.45) is 0 Å². The van der Waals surface area contributed by atoms with Gasteiger partial charge >= 0.3 is 0 Å². The molecule has 2 rings (SSSR count). The molecule has 2 aromatic rings. The molecule has 0 aromatic heterocycles. The normalized spacial score (nSPS) is 9.50. The van der Waals surface area contributed by atoms with Crippen LogP contribution in [-0.2, 0) is 0 Å². The van der Waals surface area contributed by atoms with E-state index in [2.05, 4.69) is 11.8 Å². The summed E-state index contributed by atoms with van der Waals surface area (Å²) in [7, 11) is 0. The van der Waals surface area contributed by atoms with Crippen molar-refractivity contribution in [3.63, 3.8) is 0 Å². The lowest BCUT2D eigenvalue weighted by atomic mass is 10.1. The molecule has 0 bridgehead atoms. The standard InChI is InChI=1S/C16H8Cl2O2/c17-15-5-3-11(13(7-15)9-19)1-2-12-4-6-16(18)8-14(12)10-20/h3-10H. The largest absolute Gasteiger partial charge is 0.298 e. The van der Waals surface area contributed by atoms with Gasteiger partial charge in [0.2, 0.25) is 0 Å². The fraction of sp³-hybridized carbons (Fsp3) is 0. The van der Waals surface area contributed by atoms with E-state index in [4.69, 9.17) is 23.2 Å². The minimum atomic E-state index is 0.409. The maximum absolute atomic E-state index is 11.0. The van der Waals surface area contributed by atoms with Crippen molar-refractivity contribution >= 4 is 35.8 Å². The van der Waals surface area contributed by atoms with E-state index in [1.54, 1.807) is 36.4 Å². The Hall–Kier alpha value is -2.08. The van der Waals surface area contributed by atoms with Gasteiger partial charge in [0.15, 0.2) is 12.6 Å². The molecule has 0 heterocycles. The highest BCUT2D eigenvalue weighted by molar-refractivity contribution is 6.31. The number of hydrogen-bond donors (Lipinski definition) is 0. The summed E-state index contributed by atoms with van der Waals surface area (Å²) in [6, 6.07) is 9.72. The molecular weight excluding hydrogens is 295 g/mol. The summed E-state index contributed by atoms with van der Waals surface area (Å²) in [5.74, 6) is 5.72. The predicted octanol–water partition coefficient (Wildman–Crippen LogP) is 4.02. The lowest BCUT2D eigenvalue weighted by Gasteiger charge is -1.99. The molecule has 98 valence electrons. The molecule has 0 N–H and O–H groups in total. The van der Waals surface area contributed by atoms with E-state index in [-0.39, 0.29) is 0 Å². The topological polar surface area (TPSA) is 34.1 Å². The van der Waals surface area contributed by atoms with E-state index in [1.807, 2.05) is 0 Å². The Balaban J connectivity index is 2.46. The van der Waals surface area contributed by atoms with E-state index >= 15 is 0 Å². The summed E-state index contributed by atoms with van der Waals surface area (Å²) >= 11 is 11.6. The van der Waals surface area contributed by atoms with Crippen LogP contribution >= 0.6 is 23.2 Å². The monoisotopic (exact) mass is 302 g/mol. The molecule has 2 aromatic carbocycles. The van der Waals surface area contributed by atoms with E-state index in [1.165, 1.54) is 0 Å². The van der Waals surface area contributed by atoms with Crippen molar-refractivity contribution in [2.75, 3.05) is 0 Å². The maximum Gasteiger partial charge on any atom is 0.151 e. The molecule has 0 aliphatic heterocycles. The Morgan fingerprint density at radius 2 is 1.15 bits per heavy atom. The van der Waals surface area contributed by atoms with Gasteiger partial charge in [0, 0.05) is 32.3 Å². The number of carbonyl (C=O) groups is 2. The second kappa shape index (κ2) is 6.38. The highest BCUT2D eigenvalue weighted by Crippen LogP contribution is 2.16. The van der Waals surface area contributed by atoms with Gasteiger partial charge < -0.3 is 0 Å². The second-order valence-electron chi connectivity index (χ2n) is 3.95. The minimum absolute atomic E-state index is 0.409. The van der Waals surface area contributed by atoms with Crippen LogP contribution < -0.4 is 0 Å². The summed E-state index contributed by atoms with van der Waals surface area (Å²) in [6.07, 6.45) is 1.39. The Bertz CT molecular complexity index is 678. The van der Waals surface area contributed by atoms with Crippen LogP contribution in [0.3, 0.4) is 0 Å². The predicted molar refractivity (Wildman–Crippen MR) is 79.7 cm³/mol. The molecule has 0 atom stereocenters. The van der Waals surface area contributed by atoms with Crippen LogP contribution in [0, 0.1) is 11.8 Å². The van der Waals surface area contributed by atoms with Gasteiger partial charge in [-0.3, -0.25) is 9.59 Å². The number of aldehydes is 2. The Labute approximate surface area is 126 Å². The molecule has 20 heavy (non-hydrogen) atoms. The average molecular weight is 303 g/mol. The molecule has 0 aliphatic carbocycles. The van der Waals surface area contributed by atoms with Gasteiger partial charge in [-0.2, -0.15) is 0 Å². The van der Waals surface area contributed by atoms with Crippen LogP contribution in [0.2, 0.25) is 10.0 Å². The van der Waals surface area contributed by atoms with Crippen molar-refractivity contribution in [3.8, 4) is 11.8 Å². The number of rotatable bonds is 2. The first kappa shape index (κ1) is 14.3. The van der Waals surface area contributed by atoms with Crippen LogP contribution in [0.25, 0.3) is 0 Å². The van der Waals surface area contributed by atoms with Crippen molar-refractivity contribution in [2.45, 2.75) is 0 Å². The van der Waals surface area contributed by atoms with Crippen LogP contribution in [0.1, 0.15) is 31.8 Å². The molecule has 0 radical (unpaired) electrons. The molecule has 0 aliphatic rings. The van der Waals surface area contributed by atoms with Gasteiger partial charge in [0.1, 0.15) is 0 Å². The molecule has 0 fully saturated rings. The molecule has 0 amide bonds. The summed E-state index contributed by atoms with van der Waals surface area (Å²) < 4.78 is 0. The molecule has 0 saturated carbocycles. The fourth-order valence-corrected chi connectivity index (χ4v) is 1.99. The smallest absolute Gasteiger partial charge is 0.151 e. The molecule has 2 nitrogen and oxygen atoms in total. The van der Waals surface area contributed by atoms with Crippen molar-refractivity contribution < 1.29 is 9.59 Å². The van der Waals surface area contributed by atoms with Crippen LogP contribution in [0.5, 0.6) is 0 Å². The Kier molecular flexibility index (Phi) is 4.57. The average Bonchev–Trinajstić information content (AvgIpc) is 2.46. The molecule has 0 spiro atoms. The lowest BCUT2D eigenvalue weighted by Crippen LogP contribution is -1.89. The summed E-state index contributed by atoms with van der Waals surface area (Å²) in [4.78, 5) is 21.9. The zero-order valence-electron chi connectivity index (χ0n) is 10.2. The van der Waals surface area contributed by atoms with Gasteiger partial charge in [0.25, 0.3) is 0 Å². The van der Waals surface area contributed by atoms with Crippen molar-refractivity contribution in [1.29, 1.82) is 0 Å². The van der Waals surface area contributed by atoms with Gasteiger partial charge in [-0.25, -0.2) is 0 Å². The quantitative estimate of drug-likeness (QED) is 0.620. The Morgan fingerprint density at radius 1 is 0.750 bits per heavy atom. The number of halogens is 2. The summed E-state index contributed by atoms with van der Waals surface area (Å²) in [5, 5.41) is 0.940. The first-order valence-electron chi connectivity index (χ1n) is 5.65. The number of carbonyl (C=O) groups excluding carboxylic acids is 2. The number of benzene rings is 2. The van der Waals surface area contributed by atoms with Crippen molar-refractivity contribution in [1.82, 2.24) is 0 Å². The molecule has 0 saturated heterocycles. The number of hydrogen-bond acceptors (Lipinski definition) is 2. The third-order valence-corrected chi connectivity index (χ3v) is 3.08. The third-order valence-electron chi connectivity index (χ3n) is 2.61. The SMILES string of the molecule is O=Cc1cc(Cl)ccc1C#Cc1ccc(Cl)cc1C=O. The van der Waals surface area contributed by atoms with Crippen molar-refractivity contribution in [3.05, 3.63) is 68.7 Å². The van der Waals surface area contributed by atoms with Crippen LogP contribution in [-0.4, -0.2) is 12.6 Å². The zero-order chi connectivity index (χ0) is 14.5. The Morgan fingerprint density at radius 3 is 1.50 bits per heavy atom. The fourth-order valence-electron chi connectivity index (χ4n) is 1.62. The van der Waals surface area contributed by atoms with E-state index in [0.717, 1.165) is 0 Å². The summed E-state index contributed by atoms with van der Waals surface area (Å²) in [6.45, 7) is 0. The van der Waals surface area contributed by atoms with E-state index < -0.39 is 0 Å².